The third kappa shape index (κ3) is 3.54. The molecule has 3 nitrogen and oxygen atoms in total. The van der Waals surface area contributed by atoms with Crippen molar-refractivity contribution in [1.29, 1.82) is 0 Å². The normalized spacial score (nSPS) is 10.3. The van der Waals surface area contributed by atoms with Crippen molar-refractivity contribution in [2.45, 2.75) is 6.92 Å². The summed E-state index contributed by atoms with van der Waals surface area (Å²) in [6.07, 6.45) is 1.69. The fourth-order valence-corrected chi connectivity index (χ4v) is 2.49. The second-order valence-corrected chi connectivity index (χ2v) is 6.06. The molecule has 2 aromatic rings. The highest BCUT2D eigenvalue weighted by atomic mass is 127. The lowest BCUT2D eigenvalue weighted by atomic mass is 10.2. The van der Waals surface area contributed by atoms with E-state index >= 15 is 0 Å². The van der Waals surface area contributed by atoms with Crippen LogP contribution < -0.4 is 4.90 Å². The maximum absolute atomic E-state index is 12.5. The molecule has 1 aromatic heterocycles. The molecular weight excluding hydrogens is 419 g/mol. The van der Waals surface area contributed by atoms with Gasteiger partial charge >= 0.3 is 0 Å². The average molecular weight is 431 g/mol. The highest BCUT2D eigenvalue weighted by Crippen LogP contribution is 2.18. The molecule has 0 atom stereocenters. The molecular formula is C14H12BrIN2O. The number of halogens is 2. The molecule has 0 aliphatic carbocycles. The molecule has 1 heterocycles. The molecule has 0 radical (unpaired) electrons. The van der Waals surface area contributed by atoms with E-state index < -0.39 is 0 Å². The highest BCUT2D eigenvalue weighted by molar-refractivity contribution is 14.1. The molecule has 98 valence electrons. The largest absolute Gasteiger partial charge is 0.293 e. The van der Waals surface area contributed by atoms with Crippen molar-refractivity contribution < 1.29 is 4.79 Å². The Bertz CT molecular complexity index is 586. The van der Waals surface area contributed by atoms with Crippen molar-refractivity contribution in [2.75, 3.05) is 11.4 Å². The van der Waals surface area contributed by atoms with Crippen LogP contribution in [0, 0.1) is 3.57 Å². The Kier molecular flexibility index (Phi) is 4.93. The van der Waals surface area contributed by atoms with Gasteiger partial charge in [-0.25, -0.2) is 4.98 Å². The van der Waals surface area contributed by atoms with Crippen molar-refractivity contribution in [1.82, 2.24) is 4.98 Å². The summed E-state index contributed by atoms with van der Waals surface area (Å²) in [4.78, 5) is 18.4. The van der Waals surface area contributed by atoms with E-state index in [2.05, 4.69) is 43.5 Å². The molecule has 0 saturated heterocycles. The zero-order chi connectivity index (χ0) is 13.8. The first-order valence-electron chi connectivity index (χ1n) is 5.81. The number of hydrogen-bond donors (Lipinski definition) is 0. The van der Waals surface area contributed by atoms with Crippen LogP contribution in [0.25, 0.3) is 0 Å². The van der Waals surface area contributed by atoms with E-state index in [1.165, 1.54) is 0 Å². The van der Waals surface area contributed by atoms with Gasteiger partial charge in [0.1, 0.15) is 5.82 Å². The van der Waals surface area contributed by atoms with Gasteiger partial charge in [-0.1, -0.05) is 6.07 Å². The van der Waals surface area contributed by atoms with E-state index in [1.807, 2.05) is 43.3 Å². The number of nitrogens with zero attached hydrogens (tertiary/aromatic N) is 2. The van der Waals surface area contributed by atoms with Gasteiger partial charge < -0.3 is 0 Å². The van der Waals surface area contributed by atoms with Gasteiger partial charge in [-0.3, -0.25) is 9.69 Å². The Labute approximate surface area is 134 Å². The summed E-state index contributed by atoms with van der Waals surface area (Å²) in [7, 11) is 0. The first-order chi connectivity index (χ1) is 9.11. The molecule has 5 heteroatoms. The first kappa shape index (κ1) is 14.5. The molecule has 0 spiro atoms. The van der Waals surface area contributed by atoms with Gasteiger partial charge in [-0.15, -0.1) is 0 Å². The van der Waals surface area contributed by atoms with Crippen molar-refractivity contribution in [2.24, 2.45) is 0 Å². The first-order valence-corrected chi connectivity index (χ1v) is 7.68. The number of pyridine rings is 1. The molecule has 0 bridgehead atoms. The van der Waals surface area contributed by atoms with Crippen LogP contribution in [0.4, 0.5) is 5.82 Å². The van der Waals surface area contributed by atoms with Crippen LogP contribution in [0.15, 0.2) is 47.1 Å². The van der Waals surface area contributed by atoms with Crippen LogP contribution in [0.1, 0.15) is 17.3 Å². The molecule has 19 heavy (non-hydrogen) atoms. The van der Waals surface area contributed by atoms with Gasteiger partial charge in [0.05, 0.1) is 0 Å². The van der Waals surface area contributed by atoms with Gasteiger partial charge in [0, 0.05) is 26.3 Å². The van der Waals surface area contributed by atoms with E-state index in [4.69, 9.17) is 0 Å². The Morgan fingerprint density at radius 3 is 2.74 bits per heavy atom. The molecule has 0 aliphatic rings. The van der Waals surface area contributed by atoms with E-state index in [-0.39, 0.29) is 5.91 Å². The summed E-state index contributed by atoms with van der Waals surface area (Å²) in [5.74, 6) is 0.630. The van der Waals surface area contributed by atoms with Crippen LogP contribution in [0.2, 0.25) is 0 Å². The van der Waals surface area contributed by atoms with Gasteiger partial charge in [0.15, 0.2) is 0 Å². The maximum atomic E-state index is 12.5. The van der Waals surface area contributed by atoms with Crippen LogP contribution in [-0.2, 0) is 0 Å². The van der Waals surface area contributed by atoms with Crippen molar-refractivity contribution in [3.8, 4) is 0 Å². The number of hydrogen-bond acceptors (Lipinski definition) is 2. The highest BCUT2D eigenvalue weighted by Gasteiger charge is 2.17. The molecule has 0 unspecified atom stereocenters. The zero-order valence-corrected chi connectivity index (χ0v) is 14.1. The van der Waals surface area contributed by atoms with E-state index in [0.717, 1.165) is 8.04 Å². The molecule has 0 N–H and O–H groups in total. The van der Waals surface area contributed by atoms with E-state index in [1.54, 1.807) is 11.1 Å². The summed E-state index contributed by atoms with van der Waals surface area (Å²) in [5, 5.41) is 0. The van der Waals surface area contributed by atoms with Crippen LogP contribution in [0.3, 0.4) is 0 Å². The average Bonchev–Trinajstić information content (AvgIpc) is 2.41. The second kappa shape index (κ2) is 6.47. The predicted octanol–water partition coefficient (Wildman–Crippen LogP) is 4.12. The number of amides is 1. The maximum Gasteiger partial charge on any atom is 0.259 e. The third-order valence-electron chi connectivity index (χ3n) is 2.62. The van der Waals surface area contributed by atoms with Crippen LogP contribution >= 0.6 is 38.5 Å². The standard InChI is InChI=1S/C14H12BrIN2O/c1-2-18(13-7-6-11(15)9-17-13)14(19)10-4-3-5-12(16)8-10/h3-9H,2H2,1H3. The van der Waals surface area contributed by atoms with Gasteiger partial charge in [0.2, 0.25) is 0 Å². The van der Waals surface area contributed by atoms with Crippen molar-refractivity contribution in [3.63, 3.8) is 0 Å². The number of aromatic nitrogens is 1. The van der Waals surface area contributed by atoms with Crippen molar-refractivity contribution in [3.05, 3.63) is 56.2 Å². The summed E-state index contributed by atoms with van der Waals surface area (Å²) < 4.78 is 1.94. The SMILES string of the molecule is CCN(C(=O)c1cccc(I)c1)c1ccc(Br)cn1. The minimum Gasteiger partial charge on any atom is -0.293 e. The zero-order valence-electron chi connectivity index (χ0n) is 10.3. The fraction of sp³-hybridized carbons (Fsp3) is 0.143. The van der Waals surface area contributed by atoms with Crippen LogP contribution in [-0.4, -0.2) is 17.4 Å². The predicted molar refractivity (Wildman–Crippen MR) is 88.4 cm³/mol. The minimum atomic E-state index is -0.0316. The van der Waals surface area contributed by atoms with Gasteiger partial charge in [-0.05, 0) is 75.8 Å². The number of carbonyl (C=O) groups is 1. The Morgan fingerprint density at radius 1 is 1.37 bits per heavy atom. The lowest BCUT2D eigenvalue weighted by molar-refractivity contribution is 0.0987. The Hall–Kier alpha value is -0.950. The number of benzene rings is 1. The summed E-state index contributed by atoms with van der Waals surface area (Å²) in [5.41, 5.74) is 0.679. The number of anilines is 1. The monoisotopic (exact) mass is 430 g/mol. The van der Waals surface area contributed by atoms with Crippen LogP contribution in [0.5, 0.6) is 0 Å². The number of rotatable bonds is 3. The fourth-order valence-electron chi connectivity index (χ4n) is 1.71. The minimum absolute atomic E-state index is 0.0316. The molecule has 1 amide bonds. The van der Waals surface area contributed by atoms with Crippen molar-refractivity contribution >= 4 is 50.2 Å². The molecule has 0 aliphatic heterocycles. The Morgan fingerprint density at radius 2 is 2.16 bits per heavy atom. The van der Waals surface area contributed by atoms with Gasteiger partial charge in [0.25, 0.3) is 5.91 Å². The number of carbonyl (C=O) groups excluding carboxylic acids is 1. The topological polar surface area (TPSA) is 33.2 Å². The third-order valence-corrected chi connectivity index (χ3v) is 3.76. The lowest BCUT2D eigenvalue weighted by Gasteiger charge is -2.20. The molecule has 0 fully saturated rings. The lowest BCUT2D eigenvalue weighted by Crippen LogP contribution is -2.31. The summed E-state index contributed by atoms with van der Waals surface area (Å²) in [6.45, 7) is 2.52. The van der Waals surface area contributed by atoms with Gasteiger partial charge in [-0.2, -0.15) is 0 Å². The Balaban J connectivity index is 2.31. The molecule has 1 aromatic carbocycles. The van der Waals surface area contributed by atoms with E-state index in [0.29, 0.717) is 17.9 Å². The molecule has 2 rings (SSSR count). The quantitative estimate of drug-likeness (QED) is 0.686. The summed E-state index contributed by atoms with van der Waals surface area (Å²) in [6, 6.07) is 11.3. The second-order valence-electron chi connectivity index (χ2n) is 3.89. The molecule has 0 saturated carbocycles. The van der Waals surface area contributed by atoms with E-state index in [9.17, 15) is 4.79 Å². The summed E-state index contributed by atoms with van der Waals surface area (Å²) >= 11 is 5.54. The smallest absolute Gasteiger partial charge is 0.259 e.